The quantitative estimate of drug-likeness (QED) is 0.683. The Kier molecular flexibility index (Phi) is 3.46. The highest BCUT2D eigenvalue weighted by Gasteiger charge is 2.26. The zero-order valence-corrected chi connectivity index (χ0v) is 11.5. The van der Waals surface area contributed by atoms with Gasteiger partial charge in [0.25, 0.3) is 0 Å². The molecule has 1 aliphatic heterocycles. The first kappa shape index (κ1) is 13.4. The van der Waals surface area contributed by atoms with E-state index in [0.29, 0.717) is 16.3 Å². The molecule has 0 bridgehead atoms. The van der Waals surface area contributed by atoms with Crippen molar-refractivity contribution in [3.05, 3.63) is 70.3 Å². The number of hydrogen-bond acceptors (Lipinski definition) is 4. The van der Waals surface area contributed by atoms with Crippen LogP contribution in [0.2, 0.25) is 5.02 Å². The Morgan fingerprint density at radius 3 is 2.67 bits per heavy atom. The Balaban J connectivity index is 2.07. The molecule has 1 heterocycles. The third-order valence-electron chi connectivity index (χ3n) is 3.03. The van der Waals surface area contributed by atoms with Gasteiger partial charge in [0.2, 0.25) is 0 Å². The van der Waals surface area contributed by atoms with Gasteiger partial charge in [0.05, 0.1) is 5.57 Å². The summed E-state index contributed by atoms with van der Waals surface area (Å²) in [7, 11) is 0. The van der Waals surface area contributed by atoms with Crippen LogP contribution in [0.3, 0.4) is 0 Å². The van der Waals surface area contributed by atoms with Crippen LogP contribution in [0.15, 0.2) is 59.3 Å². The number of benzene rings is 2. The van der Waals surface area contributed by atoms with Crippen molar-refractivity contribution in [2.75, 3.05) is 0 Å². The Morgan fingerprint density at radius 1 is 1.14 bits per heavy atom. The second-order valence-corrected chi connectivity index (χ2v) is 4.88. The van der Waals surface area contributed by atoms with Gasteiger partial charge in [-0.25, -0.2) is 4.79 Å². The molecule has 4 nitrogen and oxygen atoms in total. The van der Waals surface area contributed by atoms with Crippen molar-refractivity contribution < 1.29 is 14.7 Å². The second-order valence-electron chi connectivity index (χ2n) is 4.45. The molecule has 1 aliphatic rings. The minimum absolute atomic E-state index is 0.0269. The molecule has 104 valence electrons. The van der Waals surface area contributed by atoms with Gasteiger partial charge in [-0.15, -0.1) is 0 Å². The highest BCUT2D eigenvalue weighted by Crippen LogP contribution is 2.27. The lowest BCUT2D eigenvalue weighted by molar-refractivity contribution is -0.136. The monoisotopic (exact) mass is 299 g/mol. The first-order valence-corrected chi connectivity index (χ1v) is 6.58. The summed E-state index contributed by atoms with van der Waals surface area (Å²) in [4.78, 5) is 16.6. The van der Waals surface area contributed by atoms with Crippen molar-refractivity contribution in [1.82, 2.24) is 0 Å². The maximum atomic E-state index is 11.8. The highest BCUT2D eigenvalue weighted by atomic mass is 35.5. The van der Waals surface area contributed by atoms with Crippen LogP contribution in [0.25, 0.3) is 6.08 Å². The van der Waals surface area contributed by atoms with Crippen LogP contribution >= 0.6 is 11.6 Å². The Labute approximate surface area is 125 Å². The van der Waals surface area contributed by atoms with E-state index in [1.807, 2.05) is 30.3 Å². The van der Waals surface area contributed by atoms with E-state index in [9.17, 15) is 9.90 Å². The number of carbonyl (C=O) groups is 1. The molecule has 0 unspecified atom stereocenters. The van der Waals surface area contributed by atoms with E-state index in [0.717, 1.165) is 5.56 Å². The van der Waals surface area contributed by atoms with Gasteiger partial charge >= 0.3 is 5.97 Å². The lowest BCUT2D eigenvalue weighted by atomic mass is 10.0. The van der Waals surface area contributed by atoms with E-state index in [1.54, 1.807) is 12.1 Å². The number of oxime groups is 1. The molecule has 0 fully saturated rings. The van der Waals surface area contributed by atoms with Gasteiger partial charge in [-0.2, -0.15) is 0 Å². The molecule has 2 aromatic carbocycles. The summed E-state index contributed by atoms with van der Waals surface area (Å²) in [6, 6.07) is 13.8. The molecular formula is C16H10ClNO3. The van der Waals surface area contributed by atoms with Gasteiger partial charge < -0.3 is 9.94 Å². The van der Waals surface area contributed by atoms with Crippen LogP contribution in [0, 0.1) is 0 Å². The van der Waals surface area contributed by atoms with E-state index in [1.165, 1.54) is 12.1 Å². The van der Waals surface area contributed by atoms with E-state index in [2.05, 4.69) is 5.16 Å². The zero-order chi connectivity index (χ0) is 14.8. The van der Waals surface area contributed by atoms with Gasteiger partial charge in [0.1, 0.15) is 11.5 Å². The number of phenolic OH excluding ortho intramolecular Hbond substituents is 1. The minimum atomic E-state index is -0.562. The predicted octanol–water partition coefficient (Wildman–Crippen LogP) is 3.39. The van der Waals surface area contributed by atoms with Gasteiger partial charge in [0, 0.05) is 16.1 Å². The van der Waals surface area contributed by atoms with Crippen LogP contribution in [0.5, 0.6) is 5.75 Å². The molecule has 0 amide bonds. The molecule has 0 saturated carbocycles. The van der Waals surface area contributed by atoms with Crippen LogP contribution in [-0.2, 0) is 9.63 Å². The Bertz CT molecular complexity index is 766. The molecular weight excluding hydrogens is 290 g/mol. The van der Waals surface area contributed by atoms with Crippen molar-refractivity contribution in [2.45, 2.75) is 0 Å². The standard InChI is InChI=1S/C16H10ClNO3/c17-12-6-7-14(19)11(8-12)9-13-15(18-21-16(13)20)10-4-2-1-3-5-10/h1-9,19H/b13-9-. The average Bonchev–Trinajstić information content (AvgIpc) is 2.85. The molecule has 1 N–H and O–H groups in total. The van der Waals surface area contributed by atoms with Gasteiger partial charge in [0.15, 0.2) is 0 Å². The van der Waals surface area contributed by atoms with Crippen molar-refractivity contribution in [1.29, 1.82) is 0 Å². The molecule has 21 heavy (non-hydrogen) atoms. The molecule has 0 spiro atoms. The highest BCUT2D eigenvalue weighted by molar-refractivity contribution is 6.32. The van der Waals surface area contributed by atoms with E-state index < -0.39 is 5.97 Å². The van der Waals surface area contributed by atoms with Crippen molar-refractivity contribution in [2.24, 2.45) is 5.16 Å². The fourth-order valence-corrected chi connectivity index (χ4v) is 2.19. The molecule has 0 aliphatic carbocycles. The SMILES string of the molecule is O=C1ON=C(c2ccccc2)/C1=C/c1cc(Cl)ccc1O. The van der Waals surface area contributed by atoms with Gasteiger partial charge in [-0.05, 0) is 24.3 Å². The summed E-state index contributed by atoms with van der Waals surface area (Å²) in [5.41, 5.74) is 1.90. The van der Waals surface area contributed by atoms with Crippen LogP contribution < -0.4 is 0 Å². The van der Waals surface area contributed by atoms with Crippen LogP contribution in [0.1, 0.15) is 11.1 Å². The summed E-state index contributed by atoms with van der Waals surface area (Å²) in [6.45, 7) is 0. The lowest BCUT2D eigenvalue weighted by Gasteiger charge is -2.03. The topological polar surface area (TPSA) is 58.9 Å². The number of carbonyl (C=O) groups excluding carboxylic acids is 1. The maximum Gasteiger partial charge on any atom is 0.368 e. The molecule has 2 aromatic rings. The number of rotatable bonds is 2. The predicted molar refractivity (Wildman–Crippen MR) is 80.2 cm³/mol. The number of halogens is 1. The number of phenols is 1. The third kappa shape index (κ3) is 2.66. The average molecular weight is 300 g/mol. The second kappa shape index (κ2) is 5.42. The molecule has 5 heteroatoms. The summed E-state index contributed by atoms with van der Waals surface area (Å²) in [5, 5.41) is 14.1. The number of aromatic hydroxyl groups is 1. The van der Waals surface area contributed by atoms with E-state index >= 15 is 0 Å². The smallest absolute Gasteiger partial charge is 0.368 e. The number of nitrogens with zero attached hydrogens (tertiary/aromatic N) is 1. The van der Waals surface area contributed by atoms with Crippen molar-refractivity contribution in [3.8, 4) is 5.75 Å². The van der Waals surface area contributed by atoms with Crippen LogP contribution in [0.4, 0.5) is 0 Å². The van der Waals surface area contributed by atoms with Crippen molar-refractivity contribution >= 4 is 29.4 Å². The zero-order valence-electron chi connectivity index (χ0n) is 10.8. The largest absolute Gasteiger partial charge is 0.507 e. The minimum Gasteiger partial charge on any atom is -0.507 e. The Hall–Kier alpha value is -2.59. The lowest BCUT2D eigenvalue weighted by Crippen LogP contribution is -2.06. The van der Waals surface area contributed by atoms with Gasteiger partial charge in [-0.3, -0.25) is 0 Å². The van der Waals surface area contributed by atoms with Gasteiger partial charge in [-0.1, -0.05) is 47.1 Å². The normalized spacial score (nSPS) is 16.0. The third-order valence-corrected chi connectivity index (χ3v) is 3.27. The summed E-state index contributed by atoms with van der Waals surface area (Å²) in [5.74, 6) is -0.535. The summed E-state index contributed by atoms with van der Waals surface area (Å²) in [6.07, 6.45) is 1.52. The van der Waals surface area contributed by atoms with E-state index in [-0.39, 0.29) is 11.3 Å². The summed E-state index contributed by atoms with van der Waals surface area (Å²) >= 11 is 5.91. The molecule has 0 saturated heterocycles. The first-order valence-electron chi connectivity index (χ1n) is 6.20. The maximum absolute atomic E-state index is 11.8. The molecule has 3 rings (SSSR count). The van der Waals surface area contributed by atoms with E-state index in [4.69, 9.17) is 16.4 Å². The first-order chi connectivity index (χ1) is 10.1. The Morgan fingerprint density at radius 2 is 1.90 bits per heavy atom. The number of hydrogen-bond donors (Lipinski definition) is 1. The van der Waals surface area contributed by atoms with Crippen molar-refractivity contribution in [3.63, 3.8) is 0 Å². The van der Waals surface area contributed by atoms with Crippen LogP contribution in [-0.4, -0.2) is 16.8 Å². The molecule has 0 radical (unpaired) electrons. The fraction of sp³-hybridized carbons (Fsp3) is 0. The fourth-order valence-electron chi connectivity index (χ4n) is 2.01. The molecule has 0 aromatic heterocycles. The summed E-state index contributed by atoms with van der Waals surface area (Å²) < 4.78 is 0. The molecule has 0 atom stereocenters.